The van der Waals surface area contributed by atoms with Gasteiger partial charge < -0.3 is 11.1 Å². The van der Waals surface area contributed by atoms with Crippen molar-refractivity contribution in [2.24, 2.45) is 5.73 Å². The average molecular weight is 316 g/mol. The summed E-state index contributed by atoms with van der Waals surface area (Å²) < 4.78 is 0. The van der Waals surface area contributed by atoms with Gasteiger partial charge in [0.2, 0.25) is 0 Å². The molecule has 0 heterocycles. The van der Waals surface area contributed by atoms with E-state index in [9.17, 15) is 0 Å². The molecule has 24 heavy (non-hydrogen) atoms. The highest BCUT2D eigenvalue weighted by Gasteiger charge is 2.05. The Kier molecular flexibility index (Phi) is 5.65. The molecule has 0 amide bonds. The van der Waals surface area contributed by atoms with Crippen molar-refractivity contribution in [3.63, 3.8) is 0 Å². The minimum absolute atomic E-state index is 0.470. The Balaban J connectivity index is 1.74. The summed E-state index contributed by atoms with van der Waals surface area (Å²) in [6.45, 7) is 0.470. The zero-order valence-corrected chi connectivity index (χ0v) is 13.9. The van der Waals surface area contributed by atoms with Crippen LogP contribution in [0.4, 0.5) is 0 Å². The minimum atomic E-state index is 0.470. The van der Waals surface area contributed by atoms with Gasteiger partial charge in [0.15, 0.2) is 0 Å². The standard InChI is InChI=1S/C22H24N2/c23-17-24-15-5-6-18-11-13-20(14-12-18)22-10-4-9-21(16-22)19-7-2-1-3-8-19/h1-2,4-5,7,9-16,24H,3,6,8,17,23H2/b15-5-. The molecule has 3 N–H and O–H groups in total. The van der Waals surface area contributed by atoms with E-state index in [1.54, 1.807) is 0 Å². The van der Waals surface area contributed by atoms with E-state index in [1.165, 1.54) is 27.8 Å². The van der Waals surface area contributed by atoms with Crippen LogP contribution in [0.1, 0.15) is 24.0 Å². The first-order valence-electron chi connectivity index (χ1n) is 8.51. The zero-order chi connectivity index (χ0) is 16.6. The number of benzene rings is 2. The molecule has 0 saturated carbocycles. The molecule has 0 bridgehead atoms. The van der Waals surface area contributed by atoms with Gasteiger partial charge in [-0.05, 0) is 59.4 Å². The van der Waals surface area contributed by atoms with Gasteiger partial charge in [-0.1, -0.05) is 66.8 Å². The van der Waals surface area contributed by atoms with Crippen LogP contribution in [0.2, 0.25) is 0 Å². The molecule has 3 rings (SSSR count). The number of nitrogens with one attached hydrogen (secondary N) is 1. The zero-order valence-electron chi connectivity index (χ0n) is 13.9. The van der Waals surface area contributed by atoms with Gasteiger partial charge in [-0.15, -0.1) is 0 Å². The van der Waals surface area contributed by atoms with Crippen molar-refractivity contribution in [1.29, 1.82) is 0 Å². The largest absolute Gasteiger partial charge is 0.379 e. The number of hydrogen-bond acceptors (Lipinski definition) is 2. The van der Waals surface area contributed by atoms with Gasteiger partial charge in [0.05, 0.1) is 6.67 Å². The molecule has 0 radical (unpaired) electrons. The van der Waals surface area contributed by atoms with Crippen LogP contribution in [-0.2, 0) is 6.42 Å². The summed E-state index contributed by atoms with van der Waals surface area (Å²) >= 11 is 0. The summed E-state index contributed by atoms with van der Waals surface area (Å²) in [5.41, 5.74) is 12.0. The summed E-state index contributed by atoms with van der Waals surface area (Å²) in [7, 11) is 0. The maximum absolute atomic E-state index is 5.39. The maximum atomic E-state index is 5.39. The fourth-order valence-corrected chi connectivity index (χ4v) is 2.92. The number of allylic oxidation sites excluding steroid dienone is 5. The smallest absolute Gasteiger partial charge is 0.0622 e. The monoisotopic (exact) mass is 316 g/mol. The second-order valence-corrected chi connectivity index (χ2v) is 5.95. The van der Waals surface area contributed by atoms with Crippen LogP contribution >= 0.6 is 0 Å². The average Bonchev–Trinajstić information content (AvgIpc) is 2.67. The summed E-state index contributed by atoms with van der Waals surface area (Å²) in [4.78, 5) is 0. The van der Waals surface area contributed by atoms with Crippen molar-refractivity contribution in [2.75, 3.05) is 6.67 Å². The predicted molar refractivity (Wildman–Crippen MR) is 103 cm³/mol. The van der Waals surface area contributed by atoms with Crippen LogP contribution < -0.4 is 11.1 Å². The first-order chi connectivity index (χ1) is 11.9. The lowest BCUT2D eigenvalue weighted by molar-refractivity contribution is 0.879. The van der Waals surface area contributed by atoms with E-state index >= 15 is 0 Å². The van der Waals surface area contributed by atoms with Crippen LogP contribution in [0.3, 0.4) is 0 Å². The van der Waals surface area contributed by atoms with E-state index in [0.29, 0.717) is 6.67 Å². The fourth-order valence-electron chi connectivity index (χ4n) is 2.92. The van der Waals surface area contributed by atoms with Crippen molar-refractivity contribution < 1.29 is 0 Å². The second kappa shape index (κ2) is 8.32. The third-order valence-electron chi connectivity index (χ3n) is 4.24. The Morgan fingerprint density at radius 2 is 1.83 bits per heavy atom. The molecular weight excluding hydrogens is 292 g/mol. The molecule has 2 nitrogen and oxygen atoms in total. The topological polar surface area (TPSA) is 38.0 Å². The maximum Gasteiger partial charge on any atom is 0.0622 e. The third-order valence-corrected chi connectivity index (χ3v) is 4.24. The van der Waals surface area contributed by atoms with Crippen LogP contribution in [0, 0.1) is 0 Å². The molecule has 0 unspecified atom stereocenters. The van der Waals surface area contributed by atoms with Crippen LogP contribution in [0.15, 0.2) is 79.0 Å². The van der Waals surface area contributed by atoms with E-state index in [1.807, 2.05) is 6.20 Å². The van der Waals surface area contributed by atoms with Gasteiger partial charge in [0.25, 0.3) is 0 Å². The van der Waals surface area contributed by atoms with Crippen molar-refractivity contribution in [2.45, 2.75) is 19.3 Å². The van der Waals surface area contributed by atoms with Gasteiger partial charge in [0.1, 0.15) is 0 Å². The molecular formula is C22H24N2. The number of nitrogens with two attached hydrogens (primary N) is 1. The van der Waals surface area contributed by atoms with Crippen molar-refractivity contribution in [3.8, 4) is 11.1 Å². The summed E-state index contributed by atoms with van der Waals surface area (Å²) in [5.74, 6) is 0. The van der Waals surface area contributed by atoms with Gasteiger partial charge in [-0.25, -0.2) is 0 Å². The molecule has 0 saturated heterocycles. The van der Waals surface area contributed by atoms with Crippen LogP contribution in [-0.4, -0.2) is 6.67 Å². The lowest BCUT2D eigenvalue weighted by Gasteiger charge is -2.11. The highest BCUT2D eigenvalue weighted by atomic mass is 14.9. The Labute approximate surface area is 144 Å². The highest BCUT2D eigenvalue weighted by molar-refractivity contribution is 5.74. The summed E-state index contributed by atoms with van der Waals surface area (Å²) in [6.07, 6.45) is 13.8. The predicted octanol–water partition coefficient (Wildman–Crippen LogP) is 4.65. The fraction of sp³-hybridized carbons (Fsp3) is 0.182. The molecule has 0 spiro atoms. The SMILES string of the molecule is NCN/C=C\Cc1ccc(-c2cccc(C3=CC=CCC3)c2)cc1. The molecule has 2 aromatic carbocycles. The molecule has 0 fully saturated rings. The lowest BCUT2D eigenvalue weighted by Crippen LogP contribution is -2.15. The lowest BCUT2D eigenvalue weighted by atomic mass is 9.94. The molecule has 0 aromatic heterocycles. The quantitative estimate of drug-likeness (QED) is 0.761. The first-order valence-corrected chi connectivity index (χ1v) is 8.51. The van der Waals surface area contributed by atoms with E-state index in [0.717, 1.165) is 19.3 Å². The summed E-state index contributed by atoms with van der Waals surface area (Å²) in [5, 5.41) is 2.98. The molecule has 0 atom stereocenters. The molecule has 1 aliphatic carbocycles. The normalized spacial score (nSPS) is 14.0. The summed E-state index contributed by atoms with van der Waals surface area (Å²) in [6, 6.07) is 17.6. The Hall–Kier alpha value is -2.58. The van der Waals surface area contributed by atoms with E-state index in [4.69, 9.17) is 5.73 Å². The number of hydrogen-bond donors (Lipinski definition) is 2. The second-order valence-electron chi connectivity index (χ2n) is 5.95. The van der Waals surface area contributed by atoms with Gasteiger partial charge in [0, 0.05) is 0 Å². The third kappa shape index (κ3) is 4.24. The first kappa shape index (κ1) is 16.3. The van der Waals surface area contributed by atoms with Gasteiger partial charge >= 0.3 is 0 Å². The van der Waals surface area contributed by atoms with Crippen molar-refractivity contribution in [1.82, 2.24) is 5.32 Å². The molecule has 0 aliphatic heterocycles. The molecule has 1 aliphatic rings. The van der Waals surface area contributed by atoms with Gasteiger partial charge in [-0.2, -0.15) is 0 Å². The Morgan fingerprint density at radius 1 is 1.00 bits per heavy atom. The number of rotatable bonds is 6. The van der Waals surface area contributed by atoms with Crippen LogP contribution in [0.5, 0.6) is 0 Å². The minimum Gasteiger partial charge on any atom is -0.379 e. The molecule has 2 aromatic rings. The Bertz CT molecular complexity index is 752. The van der Waals surface area contributed by atoms with E-state index in [2.05, 4.69) is 78.2 Å². The van der Waals surface area contributed by atoms with E-state index in [-0.39, 0.29) is 0 Å². The van der Waals surface area contributed by atoms with Crippen molar-refractivity contribution >= 4 is 5.57 Å². The van der Waals surface area contributed by atoms with E-state index < -0.39 is 0 Å². The van der Waals surface area contributed by atoms with Crippen LogP contribution in [0.25, 0.3) is 16.7 Å². The van der Waals surface area contributed by atoms with Gasteiger partial charge in [-0.3, -0.25) is 0 Å². The molecule has 122 valence electrons. The molecule has 2 heteroatoms. The Morgan fingerprint density at radius 3 is 2.58 bits per heavy atom. The van der Waals surface area contributed by atoms with Crippen molar-refractivity contribution in [3.05, 3.63) is 90.2 Å². The highest BCUT2D eigenvalue weighted by Crippen LogP contribution is 2.28.